The number of anilines is 1. The van der Waals surface area contributed by atoms with Crippen molar-refractivity contribution in [3.05, 3.63) is 23.8 Å². The highest BCUT2D eigenvalue weighted by molar-refractivity contribution is 8.00. The summed E-state index contributed by atoms with van der Waals surface area (Å²) in [6, 6.07) is 6.34. The van der Waals surface area contributed by atoms with Crippen molar-refractivity contribution in [3.8, 4) is 0 Å². The van der Waals surface area contributed by atoms with Gasteiger partial charge in [-0.15, -0.1) is 11.8 Å². The Morgan fingerprint density at radius 2 is 2.12 bits per heavy atom. The summed E-state index contributed by atoms with van der Waals surface area (Å²) in [5.41, 5.74) is 8.27. The Kier molecular flexibility index (Phi) is 3.80. The molecule has 0 amide bonds. The molecular weight excluding hydrogens is 214 g/mol. The Labute approximate surface area is 103 Å². The van der Waals surface area contributed by atoms with E-state index in [0.29, 0.717) is 0 Å². The van der Waals surface area contributed by atoms with Gasteiger partial charge in [0.15, 0.2) is 0 Å². The maximum Gasteiger partial charge on any atom is 0.0452 e. The van der Waals surface area contributed by atoms with E-state index in [1.54, 1.807) is 0 Å². The third-order valence-electron chi connectivity index (χ3n) is 3.35. The van der Waals surface area contributed by atoms with E-state index in [0.717, 1.165) is 16.9 Å². The maximum atomic E-state index is 6.02. The molecule has 0 saturated heterocycles. The number of hydrogen-bond acceptors (Lipinski definition) is 2. The summed E-state index contributed by atoms with van der Waals surface area (Å²) in [5.74, 6) is 0.886. The molecule has 2 rings (SSSR count). The zero-order chi connectivity index (χ0) is 11.5. The lowest BCUT2D eigenvalue weighted by molar-refractivity contribution is 0.394. The second kappa shape index (κ2) is 5.13. The molecular formula is C14H21NS. The van der Waals surface area contributed by atoms with E-state index in [1.807, 2.05) is 17.8 Å². The fourth-order valence-electron chi connectivity index (χ4n) is 2.41. The molecule has 0 aromatic heterocycles. The largest absolute Gasteiger partial charge is 0.398 e. The molecule has 1 saturated carbocycles. The number of nitrogen functional groups attached to an aromatic ring is 1. The van der Waals surface area contributed by atoms with Crippen molar-refractivity contribution >= 4 is 17.4 Å². The second-order valence-corrected chi connectivity index (χ2v) is 6.40. The summed E-state index contributed by atoms with van der Waals surface area (Å²) in [7, 11) is 0. The average Bonchev–Trinajstić information content (AvgIpc) is 2.24. The first-order chi connectivity index (χ1) is 7.65. The highest BCUT2D eigenvalue weighted by Gasteiger charge is 2.20. The van der Waals surface area contributed by atoms with E-state index in [2.05, 4.69) is 26.0 Å². The molecule has 1 aliphatic carbocycles. The van der Waals surface area contributed by atoms with Crippen LogP contribution in [-0.2, 0) is 0 Å². The molecule has 2 N–H and O–H groups in total. The first-order valence-electron chi connectivity index (χ1n) is 6.18. The highest BCUT2D eigenvalue weighted by atomic mass is 32.2. The van der Waals surface area contributed by atoms with Crippen LogP contribution in [0.4, 0.5) is 5.69 Å². The van der Waals surface area contributed by atoms with Crippen LogP contribution < -0.4 is 5.73 Å². The molecule has 1 aliphatic rings. The standard InChI is InChI=1S/C14H21NS/c1-10-4-3-5-12(8-10)16-14-9-11(2)6-7-13(14)15/h6-7,9-10,12H,3-5,8,15H2,1-2H3. The minimum Gasteiger partial charge on any atom is -0.398 e. The number of hydrogen-bond donors (Lipinski definition) is 1. The van der Waals surface area contributed by atoms with Gasteiger partial charge < -0.3 is 5.73 Å². The lowest BCUT2D eigenvalue weighted by Crippen LogP contribution is -2.15. The molecule has 0 spiro atoms. The molecule has 0 bridgehead atoms. The van der Waals surface area contributed by atoms with Crippen LogP contribution in [0.2, 0.25) is 0 Å². The molecule has 0 radical (unpaired) electrons. The quantitative estimate of drug-likeness (QED) is 0.776. The Morgan fingerprint density at radius 1 is 1.31 bits per heavy atom. The van der Waals surface area contributed by atoms with E-state index in [1.165, 1.54) is 36.1 Å². The maximum absolute atomic E-state index is 6.02. The van der Waals surface area contributed by atoms with Crippen molar-refractivity contribution < 1.29 is 0 Å². The zero-order valence-corrected chi connectivity index (χ0v) is 11.0. The van der Waals surface area contributed by atoms with Crippen molar-refractivity contribution in [2.45, 2.75) is 49.7 Å². The third-order valence-corrected chi connectivity index (χ3v) is 4.72. The Morgan fingerprint density at radius 3 is 2.88 bits per heavy atom. The van der Waals surface area contributed by atoms with E-state index < -0.39 is 0 Å². The normalized spacial score (nSPS) is 25.6. The van der Waals surface area contributed by atoms with Crippen LogP contribution >= 0.6 is 11.8 Å². The molecule has 1 nitrogen and oxygen atoms in total. The van der Waals surface area contributed by atoms with Gasteiger partial charge in [0.1, 0.15) is 0 Å². The van der Waals surface area contributed by atoms with Crippen molar-refractivity contribution in [1.29, 1.82) is 0 Å². The molecule has 0 heterocycles. The van der Waals surface area contributed by atoms with Crippen LogP contribution in [0.25, 0.3) is 0 Å². The Balaban J connectivity index is 2.05. The van der Waals surface area contributed by atoms with Crippen molar-refractivity contribution in [1.82, 2.24) is 0 Å². The van der Waals surface area contributed by atoms with Gasteiger partial charge in [-0.2, -0.15) is 0 Å². The van der Waals surface area contributed by atoms with Crippen molar-refractivity contribution in [2.75, 3.05) is 5.73 Å². The monoisotopic (exact) mass is 235 g/mol. The lowest BCUT2D eigenvalue weighted by Gasteiger charge is -2.26. The summed E-state index contributed by atoms with van der Waals surface area (Å²) in [6.07, 6.45) is 5.48. The number of thioether (sulfide) groups is 1. The van der Waals surface area contributed by atoms with Crippen LogP contribution in [0.3, 0.4) is 0 Å². The van der Waals surface area contributed by atoms with Crippen molar-refractivity contribution in [2.24, 2.45) is 5.92 Å². The van der Waals surface area contributed by atoms with E-state index >= 15 is 0 Å². The fourth-order valence-corrected chi connectivity index (χ4v) is 3.94. The summed E-state index contributed by atoms with van der Waals surface area (Å²) in [4.78, 5) is 1.28. The Bertz CT molecular complexity index is 362. The van der Waals surface area contributed by atoms with Crippen LogP contribution in [0.5, 0.6) is 0 Å². The topological polar surface area (TPSA) is 26.0 Å². The van der Waals surface area contributed by atoms with E-state index in [4.69, 9.17) is 5.73 Å². The minimum absolute atomic E-state index is 0.771. The lowest BCUT2D eigenvalue weighted by atomic mass is 9.91. The first kappa shape index (κ1) is 11.8. The predicted octanol–water partition coefficient (Wildman–Crippen LogP) is 4.25. The summed E-state index contributed by atoms with van der Waals surface area (Å²) in [6.45, 7) is 4.50. The number of benzene rings is 1. The molecule has 1 aromatic carbocycles. The molecule has 2 unspecified atom stereocenters. The van der Waals surface area contributed by atoms with Crippen LogP contribution in [0.1, 0.15) is 38.2 Å². The minimum atomic E-state index is 0.771. The summed E-state index contributed by atoms with van der Waals surface area (Å²) >= 11 is 1.98. The fraction of sp³-hybridized carbons (Fsp3) is 0.571. The van der Waals surface area contributed by atoms with Gasteiger partial charge in [0.05, 0.1) is 0 Å². The molecule has 2 atom stereocenters. The number of rotatable bonds is 2. The molecule has 16 heavy (non-hydrogen) atoms. The molecule has 1 fully saturated rings. The van der Waals surface area contributed by atoms with Gasteiger partial charge in [0.2, 0.25) is 0 Å². The Hall–Kier alpha value is -0.630. The van der Waals surface area contributed by atoms with Gasteiger partial charge >= 0.3 is 0 Å². The molecule has 2 heteroatoms. The smallest absolute Gasteiger partial charge is 0.0452 e. The van der Waals surface area contributed by atoms with Crippen LogP contribution in [-0.4, -0.2) is 5.25 Å². The van der Waals surface area contributed by atoms with Gasteiger partial charge in [-0.25, -0.2) is 0 Å². The average molecular weight is 235 g/mol. The predicted molar refractivity (Wildman–Crippen MR) is 72.9 cm³/mol. The van der Waals surface area contributed by atoms with Gasteiger partial charge in [0, 0.05) is 15.8 Å². The van der Waals surface area contributed by atoms with Crippen molar-refractivity contribution in [3.63, 3.8) is 0 Å². The number of aryl methyl sites for hydroxylation is 1. The zero-order valence-electron chi connectivity index (χ0n) is 10.2. The molecule has 88 valence electrons. The van der Waals surface area contributed by atoms with E-state index in [-0.39, 0.29) is 0 Å². The summed E-state index contributed by atoms with van der Waals surface area (Å²) in [5, 5.41) is 0.771. The second-order valence-electron chi connectivity index (χ2n) is 5.05. The SMILES string of the molecule is Cc1ccc(N)c(SC2CCCC(C)C2)c1. The third kappa shape index (κ3) is 2.94. The first-order valence-corrected chi connectivity index (χ1v) is 7.06. The van der Waals surface area contributed by atoms with E-state index in [9.17, 15) is 0 Å². The van der Waals surface area contributed by atoms with Gasteiger partial charge in [-0.1, -0.05) is 25.8 Å². The molecule has 1 aromatic rings. The molecule has 0 aliphatic heterocycles. The van der Waals surface area contributed by atoms with Gasteiger partial charge in [0.25, 0.3) is 0 Å². The number of nitrogens with two attached hydrogens (primary N) is 1. The van der Waals surface area contributed by atoms with Gasteiger partial charge in [-0.05, 0) is 43.4 Å². The summed E-state index contributed by atoms with van der Waals surface area (Å²) < 4.78 is 0. The van der Waals surface area contributed by atoms with Gasteiger partial charge in [-0.3, -0.25) is 0 Å². The van der Waals surface area contributed by atoms with Crippen LogP contribution in [0, 0.1) is 12.8 Å². The van der Waals surface area contributed by atoms with Crippen LogP contribution in [0.15, 0.2) is 23.1 Å². The highest BCUT2D eigenvalue weighted by Crippen LogP contribution is 2.38.